The summed E-state index contributed by atoms with van der Waals surface area (Å²) in [5.41, 5.74) is 5.68. The van der Waals surface area contributed by atoms with Crippen molar-refractivity contribution in [3.8, 4) is 11.5 Å². The van der Waals surface area contributed by atoms with Crippen LogP contribution in [0.15, 0.2) is 60.7 Å². The van der Waals surface area contributed by atoms with Crippen LogP contribution in [0.1, 0.15) is 64.5 Å². The quantitative estimate of drug-likeness (QED) is 0.0926. The number of hydrogen-bond acceptors (Lipinski definition) is 4. The highest BCUT2D eigenvalue weighted by atomic mass is 28.4. The van der Waals surface area contributed by atoms with Gasteiger partial charge in [-0.05, 0) is 42.1 Å². The number of ether oxygens (including phenoxy) is 2. The number of carbonyl (C=O) groups is 1. The van der Waals surface area contributed by atoms with E-state index >= 15 is 0 Å². The molecule has 0 radical (unpaired) electrons. The minimum Gasteiger partial charge on any atom is -0.411 e. The average Bonchev–Trinajstić information content (AvgIpc) is 2.98. The maximum atomic E-state index is 13.6. The highest BCUT2D eigenvalue weighted by molar-refractivity contribution is 6.83. The number of ketones is 1. The minimum absolute atomic E-state index is 0.0609. The van der Waals surface area contributed by atoms with E-state index in [1.165, 1.54) is 0 Å². The number of benzene rings is 2. The normalized spacial score (nSPS) is 14.1. The first-order valence-corrected chi connectivity index (χ1v) is 21.6. The molecule has 0 fully saturated rings. The van der Waals surface area contributed by atoms with E-state index in [0.29, 0.717) is 32.7 Å². The molecule has 0 spiro atoms. The van der Waals surface area contributed by atoms with E-state index in [1.807, 2.05) is 43.3 Å². The molecule has 0 unspecified atom stereocenters. The van der Waals surface area contributed by atoms with E-state index in [2.05, 4.69) is 76.1 Å². The van der Waals surface area contributed by atoms with E-state index in [1.54, 1.807) is 0 Å². The van der Waals surface area contributed by atoms with Crippen molar-refractivity contribution < 1.29 is 18.7 Å². The fraction of sp³-hybridized carbons (Fsp3) is 0.571. The maximum absolute atomic E-state index is 13.6. The van der Waals surface area contributed by atoms with Crippen LogP contribution in [0.2, 0.25) is 37.8 Å². The van der Waals surface area contributed by atoms with Gasteiger partial charge < -0.3 is 13.9 Å². The Balaban J connectivity index is 2.20. The van der Waals surface area contributed by atoms with Crippen molar-refractivity contribution in [2.24, 2.45) is 5.92 Å². The zero-order valence-corrected chi connectivity index (χ0v) is 28.7. The lowest BCUT2D eigenvalue weighted by molar-refractivity contribution is -0.129. The Morgan fingerprint density at radius 3 is 1.90 bits per heavy atom. The molecule has 4 nitrogen and oxygen atoms in total. The third-order valence-corrected chi connectivity index (χ3v) is 13.4. The van der Waals surface area contributed by atoms with Gasteiger partial charge in [-0.15, -0.1) is 11.5 Å². The number of carbonyl (C=O) groups excluding carboxylic acids is 1. The first-order chi connectivity index (χ1) is 19.6. The van der Waals surface area contributed by atoms with Gasteiger partial charge in [-0.2, -0.15) is 0 Å². The van der Waals surface area contributed by atoms with E-state index in [4.69, 9.17) is 13.9 Å². The summed E-state index contributed by atoms with van der Waals surface area (Å²) in [5.74, 6) is 3.50. The Kier molecular flexibility index (Phi) is 15.9. The molecule has 0 bridgehead atoms. The third-order valence-electron chi connectivity index (χ3n) is 7.83. The Morgan fingerprint density at radius 1 is 0.805 bits per heavy atom. The number of rotatable bonds is 19. The van der Waals surface area contributed by atoms with Crippen LogP contribution in [-0.2, 0) is 31.9 Å². The van der Waals surface area contributed by atoms with Crippen LogP contribution in [0.3, 0.4) is 0 Å². The summed E-state index contributed by atoms with van der Waals surface area (Å²) in [4.78, 5) is 13.6. The molecular weight excluding hydrogens is 541 g/mol. The standard InChI is InChI=1S/C35H54O4Si2/c1-8-41(9-2,10-3)39-34(24-25-37-28-31-20-13-11-14-21-31)35(38-29-32-22-15-12-16-23-32)27-33(36)30(4)19-17-18-26-40(5,6)7/h11-16,20-23,30,34-35H,8-10,17,19,24-25,27-29H2,1-7H3/t30-,34-,35-/m0/s1. The number of hydrogen-bond donors (Lipinski definition) is 0. The fourth-order valence-electron chi connectivity index (χ4n) is 4.86. The van der Waals surface area contributed by atoms with Crippen LogP contribution in [0.4, 0.5) is 0 Å². The third kappa shape index (κ3) is 13.7. The zero-order valence-electron chi connectivity index (χ0n) is 26.7. The summed E-state index contributed by atoms with van der Waals surface area (Å²) in [6, 6.07) is 23.6. The van der Waals surface area contributed by atoms with E-state index in [9.17, 15) is 4.79 Å². The molecule has 2 aromatic rings. The van der Waals surface area contributed by atoms with Crippen LogP contribution < -0.4 is 0 Å². The highest BCUT2D eigenvalue weighted by Crippen LogP contribution is 2.28. The molecule has 0 heterocycles. The van der Waals surface area contributed by atoms with Gasteiger partial charge in [-0.3, -0.25) is 4.79 Å². The van der Waals surface area contributed by atoms with Crippen molar-refractivity contribution in [3.63, 3.8) is 0 Å². The van der Waals surface area contributed by atoms with Crippen LogP contribution in [0.5, 0.6) is 0 Å². The van der Waals surface area contributed by atoms with Crippen LogP contribution in [0, 0.1) is 17.4 Å². The molecule has 0 aliphatic heterocycles. The Bertz CT molecular complexity index is 1040. The maximum Gasteiger partial charge on any atom is 0.192 e. The SMILES string of the molecule is CC[Si](CC)(CC)O[C@@H](CCOCc1ccccc1)[C@H](CC(=O)[C@@H](C)CCC#C[Si](C)(C)C)OCc1ccccc1. The van der Waals surface area contributed by atoms with Crippen LogP contribution in [-0.4, -0.2) is 41.0 Å². The van der Waals surface area contributed by atoms with Gasteiger partial charge in [0.1, 0.15) is 13.9 Å². The number of Topliss-reactive ketones (excluding diaryl/α,β-unsaturated/α-hetero) is 1. The van der Waals surface area contributed by atoms with Gasteiger partial charge in [-0.1, -0.05) is 108 Å². The molecule has 0 N–H and O–H groups in total. The summed E-state index contributed by atoms with van der Waals surface area (Å²) in [7, 11) is -3.36. The summed E-state index contributed by atoms with van der Waals surface area (Å²) < 4.78 is 19.8. The topological polar surface area (TPSA) is 44.8 Å². The lowest BCUT2D eigenvalue weighted by Gasteiger charge is -2.37. The van der Waals surface area contributed by atoms with Gasteiger partial charge in [0.2, 0.25) is 0 Å². The van der Waals surface area contributed by atoms with Crippen LogP contribution >= 0.6 is 0 Å². The van der Waals surface area contributed by atoms with Crippen molar-refractivity contribution in [3.05, 3.63) is 71.8 Å². The molecule has 0 aromatic heterocycles. The molecule has 226 valence electrons. The molecule has 0 saturated carbocycles. The van der Waals surface area contributed by atoms with Gasteiger partial charge in [0.15, 0.2) is 8.32 Å². The molecule has 6 heteroatoms. The summed E-state index contributed by atoms with van der Waals surface area (Å²) >= 11 is 0. The van der Waals surface area contributed by atoms with Crippen molar-refractivity contribution >= 4 is 22.2 Å². The molecule has 0 aliphatic rings. The second-order valence-corrected chi connectivity index (χ2v) is 21.7. The summed E-state index contributed by atoms with van der Waals surface area (Å²) in [6.45, 7) is 17.1. The Labute approximate surface area is 252 Å². The van der Waals surface area contributed by atoms with Crippen molar-refractivity contribution in [2.75, 3.05) is 6.61 Å². The van der Waals surface area contributed by atoms with Gasteiger partial charge >= 0.3 is 0 Å². The molecule has 41 heavy (non-hydrogen) atoms. The summed E-state index contributed by atoms with van der Waals surface area (Å²) in [6.07, 6.45) is 2.08. The second-order valence-electron chi connectivity index (χ2n) is 12.2. The molecular formula is C35H54O4Si2. The smallest absolute Gasteiger partial charge is 0.192 e. The van der Waals surface area contributed by atoms with E-state index < -0.39 is 16.4 Å². The lowest BCUT2D eigenvalue weighted by atomic mass is 9.94. The molecule has 2 rings (SSSR count). The molecule has 0 saturated heterocycles. The monoisotopic (exact) mass is 594 g/mol. The van der Waals surface area contributed by atoms with Gasteiger partial charge in [0, 0.05) is 25.4 Å². The zero-order chi connectivity index (χ0) is 30.1. The first-order valence-electron chi connectivity index (χ1n) is 15.6. The van der Waals surface area contributed by atoms with E-state index in [-0.39, 0.29) is 23.9 Å². The summed E-state index contributed by atoms with van der Waals surface area (Å²) in [5, 5.41) is 0. The fourth-order valence-corrected chi connectivity index (χ4v) is 8.42. The van der Waals surface area contributed by atoms with Gasteiger partial charge in [0.25, 0.3) is 0 Å². The molecule has 2 aromatic carbocycles. The minimum atomic E-state index is -1.96. The lowest BCUT2D eigenvalue weighted by Crippen LogP contribution is -2.46. The predicted molar refractivity (Wildman–Crippen MR) is 177 cm³/mol. The van der Waals surface area contributed by atoms with Crippen molar-refractivity contribution in [1.29, 1.82) is 0 Å². The first kappa shape index (κ1) is 35.2. The second kappa shape index (κ2) is 18.5. The largest absolute Gasteiger partial charge is 0.411 e. The molecule has 0 aliphatic carbocycles. The van der Waals surface area contributed by atoms with E-state index in [0.717, 1.165) is 42.1 Å². The van der Waals surface area contributed by atoms with Gasteiger partial charge in [-0.25, -0.2) is 0 Å². The molecule has 0 amide bonds. The molecule has 3 atom stereocenters. The Morgan fingerprint density at radius 2 is 1.37 bits per heavy atom. The predicted octanol–water partition coefficient (Wildman–Crippen LogP) is 8.83. The average molecular weight is 595 g/mol. The van der Waals surface area contributed by atoms with Gasteiger partial charge in [0.05, 0.1) is 25.4 Å². The van der Waals surface area contributed by atoms with Crippen molar-refractivity contribution in [2.45, 2.75) is 117 Å². The van der Waals surface area contributed by atoms with Crippen molar-refractivity contribution in [1.82, 2.24) is 0 Å². The highest BCUT2D eigenvalue weighted by Gasteiger charge is 2.36. The Hall–Kier alpha value is -2.02. The van der Waals surface area contributed by atoms with Crippen LogP contribution in [0.25, 0.3) is 0 Å².